The lowest BCUT2D eigenvalue weighted by Gasteiger charge is -2.10. The van der Waals surface area contributed by atoms with E-state index >= 15 is 0 Å². The summed E-state index contributed by atoms with van der Waals surface area (Å²) in [6, 6.07) is 8.45. The first kappa shape index (κ1) is 14.1. The minimum atomic E-state index is 0.518. The number of imidazole rings is 1. The van der Waals surface area contributed by atoms with Crippen molar-refractivity contribution in [3.63, 3.8) is 0 Å². The van der Waals surface area contributed by atoms with Crippen LogP contribution in [0.5, 0.6) is 0 Å². The molecular formula is C17H19N3S. The van der Waals surface area contributed by atoms with Crippen LogP contribution in [0.1, 0.15) is 19.4 Å². The van der Waals surface area contributed by atoms with Gasteiger partial charge in [0, 0.05) is 35.2 Å². The Morgan fingerprint density at radius 2 is 2.00 bits per heavy atom. The van der Waals surface area contributed by atoms with Crippen molar-refractivity contribution >= 4 is 22.8 Å². The maximum absolute atomic E-state index is 4.83. The molecule has 0 bridgehead atoms. The highest BCUT2D eigenvalue weighted by molar-refractivity contribution is 8.00. The van der Waals surface area contributed by atoms with Crippen molar-refractivity contribution in [3.8, 4) is 11.4 Å². The van der Waals surface area contributed by atoms with E-state index in [-0.39, 0.29) is 0 Å². The number of aromatic nitrogens is 3. The first-order chi connectivity index (χ1) is 10.1. The summed E-state index contributed by atoms with van der Waals surface area (Å²) in [6.07, 6.45) is 3.77. The van der Waals surface area contributed by atoms with Gasteiger partial charge in [-0.2, -0.15) is 0 Å². The van der Waals surface area contributed by atoms with Gasteiger partial charge in [0.15, 0.2) is 0 Å². The highest BCUT2D eigenvalue weighted by Gasteiger charge is 2.14. The molecule has 3 aromatic rings. The Balaban J connectivity index is 2.19. The SMILES string of the molecule is Cc1ccc2c(c1)nc(-c1ccncc1SC(C)C)n2C. The highest BCUT2D eigenvalue weighted by atomic mass is 32.2. The van der Waals surface area contributed by atoms with Gasteiger partial charge in [0.05, 0.1) is 11.0 Å². The average molecular weight is 297 g/mol. The summed E-state index contributed by atoms with van der Waals surface area (Å²) in [7, 11) is 2.07. The van der Waals surface area contributed by atoms with Crippen LogP contribution < -0.4 is 0 Å². The summed E-state index contributed by atoms with van der Waals surface area (Å²) in [5.41, 5.74) is 4.59. The van der Waals surface area contributed by atoms with Gasteiger partial charge >= 0.3 is 0 Å². The molecule has 4 heteroatoms. The lowest BCUT2D eigenvalue weighted by Crippen LogP contribution is -1.96. The summed E-state index contributed by atoms with van der Waals surface area (Å²) in [5, 5.41) is 0.518. The zero-order chi connectivity index (χ0) is 15.0. The lowest BCUT2D eigenvalue weighted by molar-refractivity contribution is 0.952. The van der Waals surface area contributed by atoms with Gasteiger partial charge in [-0.3, -0.25) is 4.98 Å². The van der Waals surface area contributed by atoms with E-state index < -0.39 is 0 Å². The molecule has 0 unspecified atom stereocenters. The molecule has 3 nitrogen and oxygen atoms in total. The third-order valence-electron chi connectivity index (χ3n) is 3.42. The molecule has 2 heterocycles. The summed E-state index contributed by atoms with van der Waals surface area (Å²) >= 11 is 1.83. The van der Waals surface area contributed by atoms with E-state index in [1.165, 1.54) is 10.5 Å². The first-order valence-electron chi connectivity index (χ1n) is 7.10. The normalized spacial score (nSPS) is 11.5. The van der Waals surface area contributed by atoms with Gasteiger partial charge in [-0.25, -0.2) is 4.98 Å². The fraction of sp³-hybridized carbons (Fsp3) is 0.294. The topological polar surface area (TPSA) is 30.7 Å². The highest BCUT2D eigenvalue weighted by Crippen LogP contribution is 2.33. The molecule has 0 N–H and O–H groups in total. The Labute approximate surface area is 129 Å². The third-order valence-corrected chi connectivity index (χ3v) is 4.48. The summed E-state index contributed by atoms with van der Waals surface area (Å²) < 4.78 is 2.16. The average Bonchev–Trinajstić information content (AvgIpc) is 2.75. The van der Waals surface area contributed by atoms with Crippen molar-refractivity contribution in [2.75, 3.05) is 0 Å². The van der Waals surface area contributed by atoms with Crippen LogP contribution >= 0.6 is 11.8 Å². The number of hydrogen-bond donors (Lipinski definition) is 0. The number of thioether (sulfide) groups is 1. The number of hydrogen-bond acceptors (Lipinski definition) is 3. The van der Waals surface area contributed by atoms with Crippen LogP contribution in [-0.2, 0) is 7.05 Å². The van der Waals surface area contributed by atoms with Crippen molar-refractivity contribution in [1.29, 1.82) is 0 Å². The van der Waals surface area contributed by atoms with Crippen molar-refractivity contribution in [1.82, 2.24) is 14.5 Å². The molecule has 0 amide bonds. The van der Waals surface area contributed by atoms with Crippen molar-refractivity contribution in [3.05, 3.63) is 42.2 Å². The summed E-state index contributed by atoms with van der Waals surface area (Å²) in [5.74, 6) is 1.00. The van der Waals surface area contributed by atoms with Crippen LogP contribution in [0.3, 0.4) is 0 Å². The van der Waals surface area contributed by atoms with Crippen LogP contribution in [0.2, 0.25) is 0 Å². The number of rotatable bonds is 3. The molecule has 0 aliphatic rings. The predicted octanol–water partition coefficient (Wildman–Crippen LogP) is 4.44. The number of aryl methyl sites for hydroxylation is 2. The predicted molar refractivity (Wildman–Crippen MR) is 89.7 cm³/mol. The van der Waals surface area contributed by atoms with Crippen LogP contribution in [0.4, 0.5) is 0 Å². The molecule has 0 spiro atoms. The van der Waals surface area contributed by atoms with Crippen LogP contribution in [0.25, 0.3) is 22.4 Å². The Morgan fingerprint density at radius 3 is 2.76 bits per heavy atom. The van der Waals surface area contributed by atoms with Crippen molar-refractivity contribution in [2.24, 2.45) is 7.05 Å². The fourth-order valence-electron chi connectivity index (χ4n) is 2.46. The molecular weight excluding hydrogens is 278 g/mol. The van der Waals surface area contributed by atoms with Crippen molar-refractivity contribution in [2.45, 2.75) is 30.9 Å². The molecule has 21 heavy (non-hydrogen) atoms. The van der Waals surface area contributed by atoms with Gasteiger partial charge in [0.1, 0.15) is 5.82 Å². The maximum Gasteiger partial charge on any atom is 0.142 e. The second kappa shape index (κ2) is 5.53. The Kier molecular flexibility index (Phi) is 3.72. The van der Waals surface area contributed by atoms with Gasteiger partial charge in [-0.1, -0.05) is 19.9 Å². The zero-order valence-electron chi connectivity index (χ0n) is 12.8. The molecule has 0 aliphatic heterocycles. The second-order valence-electron chi connectivity index (χ2n) is 5.53. The van der Waals surface area contributed by atoms with E-state index in [9.17, 15) is 0 Å². The maximum atomic E-state index is 4.83. The molecule has 0 saturated heterocycles. The number of benzene rings is 1. The van der Waals surface area contributed by atoms with Crippen LogP contribution in [0.15, 0.2) is 41.6 Å². The smallest absolute Gasteiger partial charge is 0.142 e. The third kappa shape index (κ3) is 2.68. The quantitative estimate of drug-likeness (QED) is 0.669. The van der Waals surface area contributed by atoms with Gasteiger partial charge in [-0.05, 0) is 30.7 Å². The van der Waals surface area contributed by atoms with Gasteiger partial charge in [0.25, 0.3) is 0 Å². The van der Waals surface area contributed by atoms with E-state index in [0.717, 1.165) is 22.4 Å². The zero-order valence-corrected chi connectivity index (χ0v) is 13.6. The van der Waals surface area contributed by atoms with Crippen LogP contribution in [0, 0.1) is 6.92 Å². The summed E-state index contributed by atoms with van der Waals surface area (Å²) in [4.78, 5) is 10.3. The number of nitrogens with zero attached hydrogens (tertiary/aromatic N) is 3. The Hall–Kier alpha value is -1.81. The summed E-state index contributed by atoms with van der Waals surface area (Å²) in [6.45, 7) is 6.49. The molecule has 2 aromatic heterocycles. The van der Waals surface area contributed by atoms with E-state index in [0.29, 0.717) is 5.25 Å². The largest absolute Gasteiger partial charge is 0.327 e. The lowest BCUT2D eigenvalue weighted by atomic mass is 10.2. The standard InChI is InChI=1S/C17H19N3S/c1-11(2)21-16-10-18-8-7-13(16)17-19-14-9-12(3)5-6-15(14)20(17)4/h5-11H,1-4H3. The number of pyridine rings is 1. The number of fused-ring (bicyclic) bond motifs is 1. The van der Waals surface area contributed by atoms with E-state index in [4.69, 9.17) is 4.98 Å². The van der Waals surface area contributed by atoms with E-state index in [1.807, 2.05) is 24.2 Å². The molecule has 0 saturated carbocycles. The molecule has 0 radical (unpaired) electrons. The van der Waals surface area contributed by atoms with E-state index in [1.54, 1.807) is 0 Å². The molecule has 0 aliphatic carbocycles. The first-order valence-corrected chi connectivity index (χ1v) is 7.98. The molecule has 0 atom stereocenters. The Bertz CT molecular complexity index is 790. The van der Waals surface area contributed by atoms with Gasteiger partial charge in [-0.15, -0.1) is 11.8 Å². The van der Waals surface area contributed by atoms with Gasteiger partial charge in [0.2, 0.25) is 0 Å². The fourth-order valence-corrected chi connectivity index (χ4v) is 3.38. The minimum absolute atomic E-state index is 0.518. The molecule has 0 fully saturated rings. The molecule has 108 valence electrons. The van der Waals surface area contributed by atoms with Crippen molar-refractivity contribution < 1.29 is 0 Å². The molecule has 1 aromatic carbocycles. The molecule has 3 rings (SSSR count). The monoisotopic (exact) mass is 297 g/mol. The second-order valence-corrected chi connectivity index (χ2v) is 7.14. The van der Waals surface area contributed by atoms with E-state index in [2.05, 4.69) is 61.6 Å². The Morgan fingerprint density at radius 1 is 1.19 bits per heavy atom. The van der Waals surface area contributed by atoms with Gasteiger partial charge < -0.3 is 4.57 Å². The minimum Gasteiger partial charge on any atom is -0.327 e. The van der Waals surface area contributed by atoms with Crippen LogP contribution in [-0.4, -0.2) is 19.8 Å².